The van der Waals surface area contributed by atoms with Crippen LogP contribution in [0.1, 0.15) is 5.56 Å². The van der Waals surface area contributed by atoms with Gasteiger partial charge in [0.15, 0.2) is 5.82 Å². The number of alkyl halides is 3. The molecule has 0 amide bonds. The van der Waals surface area contributed by atoms with Crippen LogP contribution in [0.4, 0.5) is 13.2 Å². The molecular weight excluding hydrogens is 255 g/mol. The summed E-state index contributed by atoms with van der Waals surface area (Å²) in [6.45, 7) is 0. The minimum Gasteiger partial charge on any atom is -0.300 e. The lowest BCUT2D eigenvalue weighted by Gasteiger charge is -2.08. The van der Waals surface area contributed by atoms with Gasteiger partial charge in [0, 0.05) is 24.0 Å². The summed E-state index contributed by atoms with van der Waals surface area (Å²) in [5.41, 5.74) is -0.223. The first-order valence-corrected chi connectivity index (χ1v) is 5.50. The summed E-state index contributed by atoms with van der Waals surface area (Å²) in [4.78, 5) is 8.00. The van der Waals surface area contributed by atoms with Crippen LogP contribution in [-0.2, 0) is 6.18 Å². The van der Waals surface area contributed by atoms with Crippen molar-refractivity contribution in [1.29, 1.82) is 0 Å². The Morgan fingerprint density at radius 1 is 1.05 bits per heavy atom. The molecule has 0 unspecified atom stereocenters. The molecule has 0 spiro atoms. The summed E-state index contributed by atoms with van der Waals surface area (Å²) < 4.78 is 39.7. The van der Waals surface area contributed by atoms with Crippen molar-refractivity contribution in [3.05, 3.63) is 54.6 Å². The molecule has 2 aromatic heterocycles. The Balaban J connectivity index is 2.22. The Bertz CT molecular complexity index is 717. The highest BCUT2D eigenvalue weighted by Crippen LogP contribution is 2.32. The molecule has 1 aromatic carbocycles. The number of halogens is 3. The summed E-state index contributed by atoms with van der Waals surface area (Å²) in [7, 11) is 0. The molecule has 0 saturated heterocycles. The van der Waals surface area contributed by atoms with Gasteiger partial charge in [-0.1, -0.05) is 6.07 Å². The summed E-state index contributed by atoms with van der Waals surface area (Å²) in [5, 5.41) is 0.721. The third-order valence-corrected chi connectivity index (χ3v) is 2.82. The topological polar surface area (TPSA) is 30.7 Å². The Kier molecular flexibility index (Phi) is 2.51. The Hall–Kier alpha value is -2.37. The molecule has 0 radical (unpaired) electrons. The van der Waals surface area contributed by atoms with Crippen molar-refractivity contribution in [3.8, 4) is 5.82 Å². The second-order valence-electron chi connectivity index (χ2n) is 4.02. The van der Waals surface area contributed by atoms with E-state index in [2.05, 4.69) is 9.97 Å². The normalized spacial score (nSPS) is 11.9. The first-order valence-electron chi connectivity index (χ1n) is 5.50. The number of aromatic nitrogens is 3. The molecule has 2 heterocycles. The van der Waals surface area contributed by atoms with Crippen LogP contribution in [0.15, 0.2) is 49.1 Å². The highest BCUT2D eigenvalue weighted by atomic mass is 19.4. The summed E-state index contributed by atoms with van der Waals surface area (Å²) >= 11 is 0. The largest absolute Gasteiger partial charge is 0.416 e. The van der Waals surface area contributed by atoms with Crippen LogP contribution in [-0.4, -0.2) is 14.5 Å². The molecule has 0 aliphatic heterocycles. The molecular formula is C13H8F3N3. The SMILES string of the molecule is FC(F)(F)c1ccc2ccn(-c3cnccn3)c2c1. The minimum atomic E-state index is -4.36. The fourth-order valence-electron chi connectivity index (χ4n) is 1.92. The lowest BCUT2D eigenvalue weighted by atomic mass is 10.1. The van der Waals surface area contributed by atoms with E-state index >= 15 is 0 Å². The average molecular weight is 263 g/mol. The number of hydrogen-bond acceptors (Lipinski definition) is 2. The van der Waals surface area contributed by atoms with E-state index in [1.54, 1.807) is 16.8 Å². The minimum absolute atomic E-state index is 0.454. The zero-order valence-electron chi connectivity index (χ0n) is 9.59. The number of fused-ring (bicyclic) bond motifs is 1. The number of hydrogen-bond donors (Lipinski definition) is 0. The third-order valence-electron chi connectivity index (χ3n) is 2.82. The van der Waals surface area contributed by atoms with Gasteiger partial charge in [-0.25, -0.2) is 4.98 Å². The molecule has 0 aliphatic rings. The molecule has 0 N–H and O–H groups in total. The molecule has 0 bridgehead atoms. The van der Waals surface area contributed by atoms with Crippen LogP contribution in [0.5, 0.6) is 0 Å². The average Bonchev–Trinajstić information content (AvgIpc) is 2.81. The quantitative estimate of drug-likeness (QED) is 0.673. The van der Waals surface area contributed by atoms with Gasteiger partial charge in [0.05, 0.1) is 17.3 Å². The second kappa shape index (κ2) is 4.08. The highest BCUT2D eigenvalue weighted by Gasteiger charge is 2.30. The zero-order valence-corrected chi connectivity index (χ0v) is 9.59. The molecule has 0 saturated carbocycles. The lowest BCUT2D eigenvalue weighted by molar-refractivity contribution is -0.137. The van der Waals surface area contributed by atoms with Crippen molar-refractivity contribution in [1.82, 2.24) is 14.5 Å². The van der Waals surface area contributed by atoms with Gasteiger partial charge in [-0.3, -0.25) is 9.55 Å². The predicted molar refractivity (Wildman–Crippen MR) is 63.9 cm³/mol. The zero-order chi connectivity index (χ0) is 13.5. The summed E-state index contributed by atoms with van der Waals surface area (Å²) in [6.07, 6.45) is 1.82. The predicted octanol–water partition coefficient (Wildman–Crippen LogP) is 3.44. The maximum Gasteiger partial charge on any atom is 0.416 e. The third kappa shape index (κ3) is 2.05. The van der Waals surface area contributed by atoms with Gasteiger partial charge >= 0.3 is 6.18 Å². The van der Waals surface area contributed by atoms with Gasteiger partial charge in [-0.15, -0.1) is 0 Å². The Morgan fingerprint density at radius 2 is 1.89 bits per heavy atom. The Morgan fingerprint density at radius 3 is 2.58 bits per heavy atom. The lowest BCUT2D eigenvalue weighted by Crippen LogP contribution is -2.05. The highest BCUT2D eigenvalue weighted by molar-refractivity contribution is 5.82. The van der Waals surface area contributed by atoms with Crippen molar-refractivity contribution in [2.24, 2.45) is 0 Å². The van der Waals surface area contributed by atoms with Crippen molar-refractivity contribution in [3.63, 3.8) is 0 Å². The molecule has 6 heteroatoms. The maximum atomic E-state index is 12.7. The monoisotopic (exact) mass is 263 g/mol. The fourth-order valence-corrected chi connectivity index (χ4v) is 1.92. The van der Waals surface area contributed by atoms with Gasteiger partial charge in [0.1, 0.15) is 0 Å². The van der Waals surface area contributed by atoms with Gasteiger partial charge in [0.25, 0.3) is 0 Å². The fraction of sp³-hybridized carbons (Fsp3) is 0.0769. The van der Waals surface area contributed by atoms with Crippen molar-refractivity contribution in [2.45, 2.75) is 6.18 Å². The standard InChI is InChI=1S/C13H8F3N3/c14-13(15,16)10-2-1-9-3-6-19(11(9)7-10)12-8-17-4-5-18-12/h1-8H. The summed E-state index contributed by atoms with van der Waals surface area (Å²) in [5.74, 6) is 0.483. The van der Waals surface area contributed by atoms with Crippen LogP contribution in [0, 0.1) is 0 Å². The van der Waals surface area contributed by atoms with Gasteiger partial charge in [-0.2, -0.15) is 13.2 Å². The van der Waals surface area contributed by atoms with E-state index in [1.807, 2.05) is 0 Å². The van der Waals surface area contributed by atoms with E-state index in [0.29, 0.717) is 11.3 Å². The van der Waals surface area contributed by atoms with E-state index in [4.69, 9.17) is 0 Å². The molecule has 0 fully saturated rings. The molecule has 19 heavy (non-hydrogen) atoms. The van der Waals surface area contributed by atoms with Gasteiger partial charge in [-0.05, 0) is 18.2 Å². The van der Waals surface area contributed by atoms with E-state index in [0.717, 1.165) is 17.5 Å². The van der Waals surface area contributed by atoms with Crippen molar-refractivity contribution < 1.29 is 13.2 Å². The van der Waals surface area contributed by atoms with Crippen LogP contribution < -0.4 is 0 Å². The van der Waals surface area contributed by atoms with Gasteiger partial charge < -0.3 is 0 Å². The Labute approximate surface area is 106 Å². The van der Waals surface area contributed by atoms with Gasteiger partial charge in [0.2, 0.25) is 0 Å². The molecule has 0 atom stereocenters. The van der Waals surface area contributed by atoms with Crippen LogP contribution in [0.25, 0.3) is 16.7 Å². The number of benzene rings is 1. The van der Waals surface area contributed by atoms with Crippen molar-refractivity contribution in [2.75, 3.05) is 0 Å². The van der Waals surface area contributed by atoms with Crippen LogP contribution in [0.3, 0.4) is 0 Å². The smallest absolute Gasteiger partial charge is 0.300 e. The van der Waals surface area contributed by atoms with Crippen LogP contribution >= 0.6 is 0 Å². The van der Waals surface area contributed by atoms with E-state index < -0.39 is 11.7 Å². The summed E-state index contributed by atoms with van der Waals surface area (Å²) in [6, 6.07) is 5.38. The maximum absolute atomic E-state index is 12.7. The first kappa shape index (κ1) is 11.7. The molecule has 3 aromatic rings. The van der Waals surface area contributed by atoms with E-state index in [9.17, 15) is 13.2 Å². The first-order chi connectivity index (χ1) is 9.05. The number of rotatable bonds is 1. The molecule has 3 rings (SSSR count). The molecule has 96 valence electrons. The van der Waals surface area contributed by atoms with E-state index in [-0.39, 0.29) is 0 Å². The molecule has 3 nitrogen and oxygen atoms in total. The second-order valence-corrected chi connectivity index (χ2v) is 4.02. The van der Waals surface area contributed by atoms with E-state index in [1.165, 1.54) is 24.7 Å². The van der Waals surface area contributed by atoms with Crippen LogP contribution in [0.2, 0.25) is 0 Å². The number of nitrogens with zero attached hydrogens (tertiary/aromatic N) is 3. The van der Waals surface area contributed by atoms with Crippen molar-refractivity contribution >= 4 is 10.9 Å². The molecule has 0 aliphatic carbocycles.